The highest BCUT2D eigenvalue weighted by atomic mass is 16.1. The van der Waals surface area contributed by atoms with Crippen molar-refractivity contribution >= 4 is 11.9 Å². The predicted molar refractivity (Wildman–Crippen MR) is 67.0 cm³/mol. The van der Waals surface area contributed by atoms with Crippen LogP contribution in [0.3, 0.4) is 0 Å². The van der Waals surface area contributed by atoms with E-state index in [1.54, 1.807) is 6.08 Å². The number of hydrogen-bond donors (Lipinski definition) is 0. The highest BCUT2D eigenvalue weighted by Gasteiger charge is 2.35. The van der Waals surface area contributed by atoms with E-state index in [1.807, 2.05) is 18.2 Å². The lowest BCUT2D eigenvalue weighted by molar-refractivity contribution is -0.119. The molecule has 1 aromatic carbocycles. The van der Waals surface area contributed by atoms with Crippen LogP contribution in [-0.4, -0.2) is 5.78 Å². The minimum absolute atomic E-state index is 0.195. The van der Waals surface area contributed by atoms with Gasteiger partial charge in [-0.3, -0.25) is 4.79 Å². The fourth-order valence-corrected chi connectivity index (χ4v) is 1.84. The molecule has 0 aliphatic heterocycles. The van der Waals surface area contributed by atoms with Gasteiger partial charge in [0.05, 0.1) is 0 Å². The van der Waals surface area contributed by atoms with E-state index in [4.69, 9.17) is 0 Å². The first-order chi connectivity index (χ1) is 7.81. The second-order valence-electron chi connectivity index (χ2n) is 4.18. The van der Waals surface area contributed by atoms with Crippen molar-refractivity contribution in [2.75, 3.05) is 0 Å². The summed E-state index contributed by atoms with van der Waals surface area (Å²) in [5.74, 6) is 0.558. The molecule has 0 spiro atoms. The fraction of sp³-hybridized carbons (Fsp3) is 0.267. The molecule has 82 valence electrons. The molecule has 1 aromatic rings. The topological polar surface area (TPSA) is 17.1 Å². The van der Waals surface area contributed by atoms with Crippen molar-refractivity contribution in [3.63, 3.8) is 0 Å². The molecular formula is C15H16O. The van der Waals surface area contributed by atoms with Crippen LogP contribution >= 0.6 is 0 Å². The summed E-state index contributed by atoms with van der Waals surface area (Å²) < 4.78 is 0. The normalized spacial score (nSPS) is 20.8. The number of benzene rings is 1. The molecule has 0 bridgehead atoms. The molecule has 1 heteroatoms. The van der Waals surface area contributed by atoms with E-state index in [1.165, 1.54) is 11.1 Å². The van der Waals surface area contributed by atoms with Gasteiger partial charge >= 0.3 is 0 Å². The van der Waals surface area contributed by atoms with Gasteiger partial charge in [-0.2, -0.15) is 0 Å². The monoisotopic (exact) mass is 212 g/mol. The Bertz CT molecular complexity index is 414. The van der Waals surface area contributed by atoms with Crippen LogP contribution in [0.25, 0.3) is 6.08 Å². The maximum Gasteiger partial charge on any atom is 0.140 e. The minimum Gasteiger partial charge on any atom is -0.299 e. The lowest BCUT2D eigenvalue weighted by Gasteiger charge is -1.93. The Kier molecular flexibility index (Phi) is 3.35. The first-order valence-corrected chi connectivity index (χ1v) is 5.70. The van der Waals surface area contributed by atoms with Gasteiger partial charge in [-0.05, 0) is 18.4 Å². The molecule has 1 aliphatic carbocycles. The van der Waals surface area contributed by atoms with E-state index < -0.39 is 0 Å². The summed E-state index contributed by atoms with van der Waals surface area (Å²) in [6, 6.07) is 10.2. The number of allylic oxidation sites excluding steroid dienone is 2. The average molecular weight is 212 g/mol. The summed E-state index contributed by atoms with van der Waals surface area (Å²) in [5, 5.41) is 0. The second-order valence-corrected chi connectivity index (χ2v) is 4.18. The third-order valence-electron chi connectivity index (χ3n) is 2.86. The lowest BCUT2D eigenvalue weighted by Crippen LogP contribution is -1.98. The van der Waals surface area contributed by atoms with Crippen LogP contribution in [-0.2, 0) is 4.79 Å². The van der Waals surface area contributed by atoms with Crippen molar-refractivity contribution in [3.05, 3.63) is 54.1 Å². The zero-order valence-corrected chi connectivity index (χ0v) is 9.36. The molecule has 0 amide bonds. The van der Waals surface area contributed by atoms with Crippen LogP contribution in [0.2, 0.25) is 0 Å². The third kappa shape index (κ3) is 2.69. The van der Waals surface area contributed by atoms with Crippen LogP contribution in [0.5, 0.6) is 0 Å². The van der Waals surface area contributed by atoms with Gasteiger partial charge < -0.3 is 0 Å². The summed E-state index contributed by atoms with van der Waals surface area (Å²) in [6.07, 6.45) is 6.33. The average Bonchev–Trinajstić information content (AvgIpc) is 3.06. The van der Waals surface area contributed by atoms with E-state index in [0.717, 1.165) is 12.8 Å². The summed E-state index contributed by atoms with van der Waals surface area (Å²) in [7, 11) is 0. The molecule has 1 fully saturated rings. The number of Topliss-reactive ketones (excluding diaryl/α,β-unsaturated/α-hetero) is 1. The lowest BCUT2D eigenvalue weighted by atomic mass is 10.1. The quantitative estimate of drug-likeness (QED) is 0.681. The summed E-state index contributed by atoms with van der Waals surface area (Å²) >= 11 is 0. The first-order valence-electron chi connectivity index (χ1n) is 5.70. The van der Waals surface area contributed by atoms with Crippen LogP contribution in [0.15, 0.2) is 48.6 Å². The number of carbonyl (C=O) groups is 1. The van der Waals surface area contributed by atoms with Crippen molar-refractivity contribution in [2.24, 2.45) is 5.92 Å². The Morgan fingerprint density at radius 1 is 1.38 bits per heavy atom. The maximum absolute atomic E-state index is 11.7. The standard InChI is InChI=1S/C15H16O/c1-2-3-9-15(16)14-11-13(14)10-12-7-5-4-6-8-12/h2,4-8,10,14H,1,3,9,11H2/b13-10+. The Morgan fingerprint density at radius 2 is 2.12 bits per heavy atom. The third-order valence-corrected chi connectivity index (χ3v) is 2.86. The van der Waals surface area contributed by atoms with Gasteiger partial charge in [-0.15, -0.1) is 6.58 Å². The number of carbonyl (C=O) groups excluding carboxylic acids is 1. The number of hydrogen-bond acceptors (Lipinski definition) is 1. The Balaban J connectivity index is 1.93. The highest BCUT2D eigenvalue weighted by molar-refractivity contribution is 5.90. The van der Waals surface area contributed by atoms with Crippen molar-refractivity contribution in [1.29, 1.82) is 0 Å². The van der Waals surface area contributed by atoms with E-state index in [2.05, 4.69) is 24.8 Å². The van der Waals surface area contributed by atoms with Gasteiger partial charge in [0, 0.05) is 12.3 Å². The largest absolute Gasteiger partial charge is 0.299 e. The van der Waals surface area contributed by atoms with Gasteiger partial charge in [-0.25, -0.2) is 0 Å². The van der Waals surface area contributed by atoms with E-state index >= 15 is 0 Å². The molecule has 1 saturated carbocycles. The molecule has 0 radical (unpaired) electrons. The summed E-state index contributed by atoms with van der Waals surface area (Å²) in [4.78, 5) is 11.7. The highest BCUT2D eigenvalue weighted by Crippen LogP contribution is 2.40. The number of rotatable bonds is 5. The fourth-order valence-electron chi connectivity index (χ4n) is 1.84. The maximum atomic E-state index is 11.7. The molecule has 0 aromatic heterocycles. The van der Waals surface area contributed by atoms with Crippen molar-refractivity contribution in [1.82, 2.24) is 0 Å². The van der Waals surface area contributed by atoms with Gasteiger partial charge in [-0.1, -0.05) is 48.1 Å². The van der Waals surface area contributed by atoms with Gasteiger partial charge in [0.25, 0.3) is 0 Å². The first kappa shape index (κ1) is 10.9. The van der Waals surface area contributed by atoms with Gasteiger partial charge in [0.2, 0.25) is 0 Å². The van der Waals surface area contributed by atoms with E-state index in [9.17, 15) is 4.79 Å². The van der Waals surface area contributed by atoms with Crippen LogP contribution in [0.4, 0.5) is 0 Å². The molecule has 1 aliphatic rings. The molecule has 1 nitrogen and oxygen atoms in total. The Labute approximate surface area is 96.5 Å². The molecule has 0 heterocycles. The molecule has 1 unspecified atom stereocenters. The molecule has 1 atom stereocenters. The van der Waals surface area contributed by atoms with Crippen LogP contribution < -0.4 is 0 Å². The predicted octanol–water partition coefficient (Wildman–Crippen LogP) is 3.63. The molecule has 0 saturated heterocycles. The molecule has 2 rings (SSSR count). The second kappa shape index (κ2) is 4.93. The zero-order chi connectivity index (χ0) is 11.4. The SMILES string of the molecule is C=CCCC(=O)C1C/C1=C\c1ccccc1. The summed E-state index contributed by atoms with van der Waals surface area (Å²) in [5.41, 5.74) is 2.47. The van der Waals surface area contributed by atoms with E-state index in [0.29, 0.717) is 12.2 Å². The number of ketones is 1. The molecular weight excluding hydrogens is 196 g/mol. The van der Waals surface area contributed by atoms with Crippen molar-refractivity contribution < 1.29 is 4.79 Å². The van der Waals surface area contributed by atoms with Crippen molar-refractivity contribution in [2.45, 2.75) is 19.3 Å². The Hall–Kier alpha value is -1.63. The Morgan fingerprint density at radius 3 is 2.81 bits per heavy atom. The smallest absolute Gasteiger partial charge is 0.140 e. The zero-order valence-electron chi connectivity index (χ0n) is 9.36. The molecule has 0 N–H and O–H groups in total. The van der Waals surface area contributed by atoms with Gasteiger partial charge in [0.1, 0.15) is 5.78 Å². The minimum atomic E-state index is 0.195. The van der Waals surface area contributed by atoms with E-state index in [-0.39, 0.29) is 5.92 Å². The van der Waals surface area contributed by atoms with Crippen LogP contribution in [0, 0.1) is 5.92 Å². The van der Waals surface area contributed by atoms with Crippen LogP contribution in [0.1, 0.15) is 24.8 Å². The van der Waals surface area contributed by atoms with Crippen molar-refractivity contribution in [3.8, 4) is 0 Å². The molecule has 16 heavy (non-hydrogen) atoms. The van der Waals surface area contributed by atoms with Gasteiger partial charge in [0.15, 0.2) is 0 Å². The summed E-state index contributed by atoms with van der Waals surface area (Å²) in [6.45, 7) is 3.63.